The molecular weight excluding hydrogens is 284 g/mol. The quantitative estimate of drug-likeness (QED) is 0.919. The van der Waals surface area contributed by atoms with Gasteiger partial charge in [-0.3, -0.25) is 0 Å². The van der Waals surface area contributed by atoms with E-state index in [0.717, 1.165) is 32.4 Å². The molecule has 21 heavy (non-hydrogen) atoms. The minimum Gasteiger partial charge on any atom is -0.315 e. The lowest BCUT2D eigenvalue weighted by molar-refractivity contribution is 0.170. The van der Waals surface area contributed by atoms with Crippen molar-refractivity contribution in [1.29, 1.82) is 0 Å². The van der Waals surface area contributed by atoms with Crippen molar-refractivity contribution in [2.24, 2.45) is 5.92 Å². The zero-order valence-corrected chi connectivity index (χ0v) is 13.4. The molecule has 1 unspecified atom stereocenters. The van der Waals surface area contributed by atoms with E-state index >= 15 is 0 Å². The van der Waals surface area contributed by atoms with Gasteiger partial charge in [0, 0.05) is 31.6 Å². The summed E-state index contributed by atoms with van der Waals surface area (Å²) < 4.78 is 25.2. The molecule has 2 fully saturated rings. The Morgan fingerprint density at radius 1 is 1.29 bits per heavy atom. The second-order valence-electron chi connectivity index (χ2n) is 6.58. The first-order valence-electron chi connectivity index (χ1n) is 7.71. The zero-order chi connectivity index (χ0) is 14.9. The topological polar surface area (TPSA) is 49.4 Å². The van der Waals surface area contributed by atoms with Crippen molar-refractivity contribution < 1.29 is 8.42 Å². The minimum atomic E-state index is -3.05. The molecule has 4 nitrogen and oxygen atoms in total. The fourth-order valence-corrected chi connectivity index (χ4v) is 4.67. The molecule has 2 aliphatic heterocycles. The maximum Gasteiger partial charge on any atom is 0.211 e. The Bertz CT molecular complexity index is 582. The van der Waals surface area contributed by atoms with Crippen LogP contribution in [0.15, 0.2) is 30.3 Å². The van der Waals surface area contributed by atoms with Crippen LogP contribution < -0.4 is 5.32 Å². The molecule has 2 saturated heterocycles. The molecule has 1 N–H and O–H groups in total. The number of nitrogens with one attached hydrogen (secondary N) is 1. The van der Waals surface area contributed by atoms with Gasteiger partial charge in [0.2, 0.25) is 10.0 Å². The first-order valence-corrected chi connectivity index (χ1v) is 9.56. The van der Waals surface area contributed by atoms with Gasteiger partial charge >= 0.3 is 0 Å². The zero-order valence-electron chi connectivity index (χ0n) is 12.6. The Labute approximate surface area is 127 Å². The highest BCUT2D eigenvalue weighted by molar-refractivity contribution is 7.88. The molecule has 3 rings (SSSR count). The third kappa shape index (κ3) is 3.15. The molecule has 1 aromatic carbocycles. The molecule has 0 saturated carbocycles. The van der Waals surface area contributed by atoms with E-state index in [1.54, 1.807) is 4.31 Å². The number of nitrogens with zero attached hydrogens (tertiary/aromatic N) is 1. The standard InChI is InChI=1S/C16H24N2O2S/c1-21(19,20)18-9-5-6-14(11-18)10-16(12-17-13-16)15-7-3-2-4-8-15/h2-4,7-8,14,17H,5-6,9-13H2,1H3. The van der Waals surface area contributed by atoms with Crippen LogP contribution in [0.1, 0.15) is 24.8 Å². The van der Waals surface area contributed by atoms with Crippen LogP contribution >= 0.6 is 0 Å². The predicted molar refractivity (Wildman–Crippen MR) is 84.7 cm³/mol. The van der Waals surface area contributed by atoms with E-state index < -0.39 is 10.0 Å². The molecule has 0 amide bonds. The van der Waals surface area contributed by atoms with Gasteiger partial charge < -0.3 is 5.32 Å². The summed E-state index contributed by atoms with van der Waals surface area (Å²) in [6, 6.07) is 10.7. The summed E-state index contributed by atoms with van der Waals surface area (Å²) in [4.78, 5) is 0. The second-order valence-corrected chi connectivity index (χ2v) is 8.57. The lowest BCUT2D eigenvalue weighted by Gasteiger charge is -2.46. The third-order valence-electron chi connectivity index (χ3n) is 4.94. The molecule has 2 aliphatic rings. The van der Waals surface area contributed by atoms with Gasteiger partial charge in [0.1, 0.15) is 0 Å². The van der Waals surface area contributed by atoms with Crippen molar-refractivity contribution in [1.82, 2.24) is 9.62 Å². The number of rotatable bonds is 4. The normalized spacial score (nSPS) is 26.2. The second kappa shape index (κ2) is 5.71. The van der Waals surface area contributed by atoms with Gasteiger partial charge in [-0.25, -0.2) is 12.7 Å². The molecule has 0 aliphatic carbocycles. The van der Waals surface area contributed by atoms with Gasteiger partial charge in [-0.05, 0) is 30.7 Å². The summed E-state index contributed by atoms with van der Waals surface area (Å²) in [7, 11) is -3.05. The molecule has 0 spiro atoms. The summed E-state index contributed by atoms with van der Waals surface area (Å²) in [5, 5.41) is 3.40. The molecule has 0 bridgehead atoms. The minimum absolute atomic E-state index is 0.201. The number of hydrogen-bond acceptors (Lipinski definition) is 3. The van der Waals surface area contributed by atoms with Gasteiger partial charge in [0.15, 0.2) is 0 Å². The van der Waals surface area contributed by atoms with E-state index in [-0.39, 0.29) is 5.41 Å². The number of piperidine rings is 1. The number of benzene rings is 1. The van der Waals surface area contributed by atoms with Crippen LogP contribution in [0, 0.1) is 5.92 Å². The first-order chi connectivity index (χ1) is 10.00. The van der Waals surface area contributed by atoms with E-state index in [9.17, 15) is 8.42 Å². The highest BCUT2D eigenvalue weighted by Gasteiger charge is 2.41. The maximum absolute atomic E-state index is 11.8. The largest absolute Gasteiger partial charge is 0.315 e. The van der Waals surface area contributed by atoms with Crippen molar-refractivity contribution in [3.05, 3.63) is 35.9 Å². The molecule has 1 atom stereocenters. The van der Waals surface area contributed by atoms with E-state index in [1.165, 1.54) is 11.8 Å². The molecular formula is C16H24N2O2S. The van der Waals surface area contributed by atoms with Gasteiger partial charge in [-0.2, -0.15) is 0 Å². The van der Waals surface area contributed by atoms with Crippen molar-refractivity contribution in [2.45, 2.75) is 24.7 Å². The van der Waals surface area contributed by atoms with E-state index in [2.05, 4.69) is 35.6 Å². The van der Waals surface area contributed by atoms with Crippen molar-refractivity contribution in [3.63, 3.8) is 0 Å². The Balaban J connectivity index is 1.73. The molecule has 1 aromatic rings. The smallest absolute Gasteiger partial charge is 0.211 e. The van der Waals surface area contributed by atoms with Gasteiger partial charge in [0.25, 0.3) is 0 Å². The van der Waals surface area contributed by atoms with Gasteiger partial charge in [-0.1, -0.05) is 30.3 Å². The summed E-state index contributed by atoms with van der Waals surface area (Å²) >= 11 is 0. The molecule has 0 radical (unpaired) electrons. The first kappa shape index (κ1) is 15.0. The lowest BCUT2D eigenvalue weighted by Crippen LogP contribution is -2.58. The van der Waals surface area contributed by atoms with Crippen molar-refractivity contribution >= 4 is 10.0 Å². The highest BCUT2D eigenvalue weighted by Crippen LogP contribution is 2.37. The summed E-state index contributed by atoms with van der Waals surface area (Å²) in [5.41, 5.74) is 1.59. The van der Waals surface area contributed by atoms with Crippen LogP contribution in [0.5, 0.6) is 0 Å². The molecule has 2 heterocycles. The fraction of sp³-hybridized carbons (Fsp3) is 0.625. The predicted octanol–water partition coefficient (Wildman–Crippen LogP) is 1.59. The maximum atomic E-state index is 11.8. The monoisotopic (exact) mass is 308 g/mol. The lowest BCUT2D eigenvalue weighted by atomic mass is 9.68. The van der Waals surface area contributed by atoms with Crippen LogP contribution in [0.2, 0.25) is 0 Å². The molecule has 116 valence electrons. The van der Waals surface area contributed by atoms with Crippen LogP contribution in [-0.2, 0) is 15.4 Å². The Kier molecular flexibility index (Phi) is 4.08. The average molecular weight is 308 g/mol. The van der Waals surface area contributed by atoms with Crippen molar-refractivity contribution in [3.8, 4) is 0 Å². The third-order valence-corrected chi connectivity index (χ3v) is 6.21. The van der Waals surface area contributed by atoms with E-state index in [1.807, 2.05) is 0 Å². The number of hydrogen-bond donors (Lipinski definition) is 1. The summed E-state index contributed by atoms with van der Waals surface area (Å²) in [6.07, 6.45) is 4.53. The molecule has 0 aromatic heterocycles. The highest BCUT2D eigenvalue weighted by atomic mass is 32.2. The fourth-order valence-electron chi connectivity index (χ4n) is 3.73. The van der Waals surface area contributed by atoms with E-state index in [0.29, 0.717) is 19.0 Å². The summed E-state index contributed by atoms with van der Waals surface area (Å²) in [5.74, 6) is 0.468. The Morgan fingerprint density at radius 2 is 2.00 bits per heavy atom. The van der Waals surface area contributed by atoms with Gasteiger partial charge in [0.05, 0.1) is 6.26 Å². The number of sulfonamides is 1. The van der Waals surface area contributed by atoms with Gasteiger partial charge in [-0.15, -0.1) is 0 Å². The Hall–Kier alpha value is -0.910. The van der Waals surface area contributed by atoms with Crippen LogP contribution in [0.3, 0.4) is 0 Å². The van der Waals surface area contributed by atoms with Crippen molar-refractivity contribution in [2.75, 3.05) is 32.4 Å². The van der Waals surface area contributed by atoms with Crippen LogP contribution in [0.25, 0.3) is 0 Å². The van der Waals surface area contributed by atoms with Crippen LogP contribution in [-0.4, -0.2) is 45.2 Å². The van der Waals surface area contributed by atoms with E-state index in [4.69, 9.17) is 0 Å². The summed E-state index contributed by atoms with van der Waals surface area (Å²) in [6.45, 7) is 3.39. The molecule has 5 heteroatoms. The van der Waals surface area contributed by atoms with Crippen LogP contribution in [0.4, 0.5) is 0 Å². The Morgan fingerprint density at radius 3 is 2.57 bits per heavy atom. The average Bonchev–Trinajstić information content (AvgIpc) is 2.43. The SMILES string of the molecule is CS(=O)(=O)N1CCCC(CC2(c3ccccc3)CNC2)C1.